The summed E-state index contributed by atoms with van der Waals surface area (Å²) in [5.41, 5.74) is 18.0. The Kier molecular flexibility index (Phi) is 48.5. The number of benzene rings is 6. The van der Waals surface area contributed by atoms with Crippen LogP contribution in [0, 0.1) is 35.5 Å². The third-order valence-electron chi connectivity index (χ3n) is 25.1. The molecule has 0 aromatic heterocycles. The van der Waals surface area contributed by atoms with Gasteiger partial charge in [0.15, 0.2) is 0 Å². The average Bonchev–Trinajstić information content (AvgIpc) is 0.841. The molecular weight excluding hydrogens is 1810 g/mol. The van der Waals surface area contributed by atoms with Crippen molar-refractivity contribution >= 4 is 124 Å². The average molecular weight is 1960 g/mol. The molecule has 21 nitrogen and oxygen atoms in total. The van der Waals surface area contributed by atoms with Gasteiger partial charge < -0.3 is 36.2 Å². The lowest BCUT2D eigenvalue weighted by Gasteiger charge is -2.35. The van der Waals surface area contributed by atoms with Crippen LogP contribution < -0.4 is 11.5 Å². The number of nitrogens with two attached hydrogens (primary N) is 2. The van der Waals surface area contributed by atoms with Crippen molar-refractivity contribution in [1.82, 2.24) is 38.0 Å². The van der Waals surface area contributed by atoms with Gasteiger partial charge in [-0.3, -0.25) is 38.6 Å². The summed E-state index contributed by atoms with van der Waals surface area (Å²) in [4.78, 5) is 89.0. The summed E-state index contributed by atoms with van der Waals surface area (Å²) in [5.74, 6) is 0.807. The second kappa shape index (κ2) is 55.7. The lowest BCUT2D eigenvalue weighted by molar-refractivity contribution is -0.124. The van der Waals surface area contributed by atoms with Crippen LogP contribution in [-0.4, -0.2) is 269 Å². The van der Waals surface area contributed by atoms with Gasteiger partial charge >= 0.3 is 0 Å². The molecule has 29 heteroatoms. The van der Waals surface area contributed by atoms with E-state index in [2.05, 4.69) is 50.3 Å². The Bertz CT molecular complexity index is 4320. The van der Waals surface area contributed by atoms with Crippen LogP contribution in [0.3, 0.4) is 0 Å². The standard InChI is InChI=1S/2C17H25ClN2O3S.2C17H25ClN2O.C17H24ClNO2.C16H24ClNO/c2*1-13(2)17(21)16(14-4-6-15(18)7-5-14)12-19-8-10-20(11-9-19)24(3,22)23;2*1-12(2)17(21)16(13-3-5-14(18)6-4-13)11-20-9-7-15(19)8-10-20;1-12(2)17(21)16(13-3-5-14(18)6-4-13)11-19-9-7-15(20)8-10-19;1-11(2)16(19)15(10-18(5)12(3)4)13-6-8-14(17)9-7-13/h2*4-7,13,16H,8-12H2,1-3H3;2*3-6,12,15-16H,7-11,19H2,1-2H3;3-6,12,15-16,20H,7-11H2,1-2H3;6-9,11-12,15H,10H2,1-5H3/t5*16-;15-/m101001/s1. The number of aliphatic hydroxyl groups excluding tert-OH is 1. The maximum Gasteiger partial charge on any atom is 0.211 e. The summed E-state index contributed by atoms with van der Waals surface area (Å²) in [5, 5.41) is 13.7. The quantitative estimate of drug-likeness (QED) is 0.0345. The maximum absolute atomic E-state index is 12.7. The van der Waals surface area contributed by atoms with Gasteiger partial charge in [0, 0.05) is 188 Å². The Hall–Kier alpha value is -5.46. The molecular formula is C101H148Cl6N10O11S2. The van der Waals surface area contributed by atoms with E-state index in [1.165, 1.54) is 21.1 Å². The third kappa shape index (κ3) is 38.6. The zero-order chi connectivity index (χ0) is 96.6. The molecule has 6 atom stereocenters. The van der Waals surface area contributed by atoms with Gasteiger partial charge in [0.1, 0.15) is 34.7 Å². The smallest absolute Gasteiger partial charge is 0.211 e. The second-order valence-electron chi connectivity index (χ2n) is 37.7. The van der Waals surface area contributed by atoms with Crippen molar-refractivity contribution in [3.8, 4) is 0 Å². The number of carbonyl (C=O) groups is 6. The number of sulfonamides is 2. The highest BCUT2D eigenvalue weighted by Gasteiger charge is 2.35. The molecule has 6 aromatic carbocycles. The van der Waals surface area contributed by atoms with Crippen LogP contribution in [0.5, 0.6) is 0 Å². The molecule has 0 spiro atoms. The molecule has 0 amide bonds. The summed E-state index contributed by atoms with van der Waals surface area (Å²) in [6, 6.07) is 46.5. The zero-order valence-corrected chi connectivity index (χ0v) is 86.0. The van der Waals surface area contributed by atoms with Gasteiger partial charge in [0.05, 0.1) is 54.1 Å². The molecule has 5 aliphatic rings. The lowest BCUT2D eigenvalue weighted by atomic mass is 9.88. The molecule has 5 saturated heterocycles. The molecule has 0 unspecified atom stereocenters. The summed E-state index contributed by atoms with van der Waals surface area (Å²) in [6.07, 6.45) is 7.95. The first-order chi connectivity index (χ1) is 61.1. The fourth-order valence-electron chi connectivity index (χ4n) is 16.4. The molecule has 722 valence electrons. The van der Waals surface area contributed by atoms with E-state index in [4.69, 9.17) is 81.1 Å². The Balaban J connectivity index is 0.000000241. The number of hydrogen-bond acceptors (Lipinski definition) is 19. The van der Waals surface area contributed by atoms with Gasteiger partial charge in [0.25, 0.3) is 0 Å². The van der Waals surface area contributed by atoms with Gasteiger partial charge in [-0.2, -0.15) is 8.61 Å². The third-order valence-corrected chi connectivity index (χ3v) is 29.2. The van der Waals surface area contributed by atoms with Crippen molar-refractivity contribution in [2.45, 2.75) is 195 Å². The van der Waals surface area contributed by atoms with Gasteiger partial charge in [-0.05, 0) is 192 Å². The normalized spacial score (nSPS) is 18.0. The summed E-state index contributed by atoms with van der Waals surface area (Å²) in [6.45, 7) is 42.0. The number of halogens is 6. The number of nitrogens with zero attached hydrogens (tertiary/aromatic N) is 8. The molecule has 6 aromatic rings. The first-order valence-corrected chi connectivity index (χ1v) is 52.2. The van der Waals surface area contributed by atoms with Crippen molar-refractivity contribution < 1.29 is 50.7 Å². The number of carbonyl (C=O) groups excluding carboxylic acids is 6. The number of piperidine rings is 3. The van der Waals surface area contributed by atoms with Gasteiger partial charge in [-0.15, -0.1) is 0 Å². The zero-order valence-electron chi connectivity index (χ0n) is 79.8. The Morgan fingerprint density at radius 3 is 0.654 bits per heavy atom. The lowest BCUT2D eigenvalue weighted by Crippen LogP contribution is -2.49. The van der Waals surface area contributed by atoms with Crippen molar-refractivity contribution in [2.75, 3.05) is 150 Å². The largest absolute Gasteiger partial charge is 0.393 e. The minimum atomic E-state index is -3.14. The number of hydrogen-bond donors (Lipinski definition) is 3. The van der Waals surface area contributed by atoms with Crippen LogP contribution in [0.15, 0.2) is 146 Å². The Morgan fingerprint density at radius 2 is 0.477 bits per heavy atom. The molecule has 11 rings (SSSR count). The summed E-state index contributed by atoms with van der Waals surface area (Å²) in [7, 11) is -4.22. The predicted molar refractivity (Wildman–Crippen MR) is 537 cm³/mol. The summed E-state index contributed by atoms with van der Waals surface area (Å²) < 4.78 is 49.4. The number of rotatable bonds is 33. The van der Waals surface area contributed by atoms with Crippen LogP contribution in [-0.2, 0) is 48.8 Å². The molecule has 0 saturated carbocycles. The van der Waals surface area contributed by atoms with Gasteiger partial charge in [-0.1, -0.05) is 225 Å². The topological polar surface area (TPSA) is 269 Å². The Labute approximate surface area is 808 Å². The van der Waals surface area contributed by atoms with E-state index < -0.39 is 20.0 Å². The fraction of sp³-hybridized carbons (Fsp3) is 0.584. The highest BCUT2D eigenvalue weighted by Crippen LogP contribution is 2.33. The van der Waals surface area contributed by atoms with E-state index in [1.54, 1.807) is 24.3 Å². The summed E-state index contributed by atoms with van der Waals surface area (Å²) >= 11 is 35.7. The van der Waals surface area contributed by atoms with E-state index in [1.807, 2.05) is 204 Å². The minimum Gasteiger partial charge on any atom is -0.393 e. The first kappa shape index (κ1) is 113. The van der Waals surface area contributed by atoms with Crippen LogP contribution in [0.25, 0.3) is 0 Å². The highest BCUT2D eigenvalue weighted by atomic mass is 35.5. The van der Waals surface area contributed by atoms with Crippen molar-refractivity contribution in [3.63, 3.8) is 0 Å². The van der Waals surface area contributed by atoms with Crippen molar-refractivity contribution in [3.05, 3.63) is 209 Å². The van der Waals surface area contributed by atoms with E-state index >= 15 is 0 Å². The molecule has 130 heavy (non-hydrogen) atoms. The number of likely N-dealkylation sites (tertiary alicyclic amines) is 3. The van der Waals surface area contributed by atoms with E-state index in [0.717, 1.165) is 137 Å². The highest BCUT2D eigenvalue weighted by molar-refractivity contribution is 7.88. The molecule has 0 radical (unpaired) electrons. The van der Waals surface area contributed by atoms with Crippen LogP contribution in [0.2, 0.25) is 30.1 Å². The van der Waals surface area contributed by atoms with Crippen molar-refractivity contribution in [2.24, 2.45) is 47.0 Å². The molecule has 5 aliphatic heterocycles. The molecule has 0 aliphatic carbocycles. The SMILES string of the molecule is CC(C)C(=O)[C@@H](CN1CCC(N)CC1)c1ccc(Cl)cc1.CC(C)C(=O)[C@@H](CN1CCC(O)CC1)c1ccc(Cl)cc1.CC(C)C(=O)[C@@H](CN1CCN(S(C)(=O)=O)CC1)c1ccc(Cl)cc1.CC(C)C(=O)[C@H](CN(C)C(C)C)c1ccc(Cl)cc1.CC(C)C(=O)[C@H](CN1CCC(N)CC1)c1ccc(Cl)cc1.CC(C)C(=O)[C@H](CN1CCN(S(C)(=O)=O)CC1)c1ccc(Cl)cc1. The van der Waals surface area contributed by atoms with Crippen LogP contribution >= 0.6 is 69.6 Å². The number of Topliss-reactive ketones (excluding diaryl/α,β-unsaturated/α-hetero) is 6. The molecule has 5 heterocycles. The second-order valence-corrected chi connectivity index (χ2v) is 44.3. The van der Waals surface area contributed by atoms with Crippen molar-refractivity contribution in [1.29, 1.82) is 0 Å². The number of aliphatic hydroxyl groups is 1. The Morgan fingerprint density at radius 1 is 0.308 bits per heavy atom. The van der Waals surface area contributed by atoms with E-state index in [9.17, 15) is 50.7 Å². The predicted octanol–water partition coefficient (Wildman–Crippen LogP) is 17.7. The first-order valence-electron chi connectivity index (χ1n) is 46.3. The van der Waals surface area contributed by atoms with E-state index in [-0.39, 0.29) is 100 Å². The van der Waals surface area contributed by atoms with E-state index in [0.29, 0.717) is 125 Å². The molecule has 5 fully saturated rings. The van der Waals surface area contributed by atoms with Crippen LogP contribution in [0.1, 0.15) is 204 Å². The van der Waals surface area contributed by atoms with Gasteiger partial charge in [0.2, 0.25) is 20.0 Å². The van der Waals surface area contributed by atoms with Crippen LogP contribution in [0.4, 0.5) is 0 Å². The molecule has 5 N–H and O–H groups in total. The monoisotopic (exact) mass is 1950 g/mol. The van der Waals surface area contributed by atoms with Gasteiger partial charge in [-0.25, -0.2) is 16.8 Å². The molecule has 0 bridgehead atoms. The minimum absolute atomic E-state index is 0.0149. The number of ketones is 6. The fourth-order valence-corrected chi connectivity index (χ4v) is 18.8. The number of likely N-dealkylation sites (N-methyl/N-ethyl adjacent to an activating group) is 1. The maximum atomic E-state index is 12.7. The number of piperazine rings is 2.